The second-order valence-electron chi connectivity index (χ2n) is 6.80. The van der Waals surface area contributed by atoms with Crippen LogP contribution in [0.1, 0.15) is 39.3 Å². The average Bonchev–Trinajstić information content (AvgIpc) is 2.39. The Hall–Kier alpha value is -1.81. The molecule has 1 aromatic rings. The highest BCUT2D eigenvalue weighted by atomic mass is 16.5. The minimum absolute atomic E-state index is 0.0487. The van der Waals surface area contributed by atoms with E-state index in [1.54, 1.807) is 4.90 Å². The highest BCUT2D eigenvalue weighted by Crippen LogP contribution is 2.38. The van der Waals surface area contributed by atoms with Crippen LogP contribution in [0.4, 0.5) is 5.69 Å². The summed E-state index contributed by atoms with van der Waals surface area (Å²) >= 11 is 0. The van der Waals surface area contributed by atoms with Crippen molar-refractivity contribution < 1.29 is 9.53 Å². The molecule has 21 heavy (non-hydrogen) atoms. The lowest BCUT2D eigenvalue weighted by Crippen LogP contribution is -2.40. The summed E-state index contributed by atoms with van der Waals surface area (Å²) in [5, 5.41) is 0. The number of hydrogen-bond acceptors (Lipinski definition) is 3. The van der Waals surface area contributed by atoms with Gasteiger partial charge in [-0.05, 0) is 30.0 Å². The number of fused-ring (bicyclic) bond motifs is 1. The SMILES string of the molecule is C=C(C)CN1C(=O)COc2ccc(C(N)C(C)(C)C)cc21. The minimum Gasteiger partial charge on any atom is -0.482 e. The lowest BCUT2D eigenvalue weighted by molar-refractivity contribution is -0.121. The molecule has 114 valence electrons. The van der Waals surface area contributed by atoms with Crippen molar-refractivity contribution in [3.63, 3.8) is 0 Å². The first-order valence-corrected chi connectivity index (χ1v) is 7.17. The van der Waals surface area contributed by atoms with Crippen LogP contribution >= 0.6 is 0 Å². The van der Waals surface area contributed by atoms with Gasteiger partial charge in [0.2, 0.25) is 0 Å². The van der Waals surface area contributed by atoms with Crippen molar-refractivity contribution in [3.8, 4) is 5.75 Å². The molecule has 1 heterocycles. The molecule has 4 nitrogen and oxygen atoms in total. The van der Waals surface area contributed by atoms with Gasteiger partial charge in [-0.3, -0.25) is 4.79 Å². The van der Waals surface area contributed by atoms with Gasteiger partial charge in [0.1, 0.15) is 5.75 Å². The third kappa shape index (κ3) is 3.27. The van der Waals surface area contributed by atoms with Crippen LogP contribution in [0.25, 0.3) is 0 Å². The van der Waals surface area contributed by atoms with E-state index in [4.69, 9.17) is 10.5 Å². The molecule has 0 bridgehead atoms. The molecule has 2 rings (SSSR count). The van der Waals surface area contributed by atoms with E-state index in [-0.39, 0.29) is 24.0 Å². The summed E-state index contributed by atoms with van der Waals surface area (Å²) in [5.74, 6) is 0.674. The molecule has 1 unspecified atom stereocenters. The Labute approximate surface area is 126 Å². The van der Waals surface area contributed by atoms with E-state index >= 15 is 0 Å². The van der Waals surface area contributed by atoms with Gasteiger partial charge in [0.15, 0.2) is 6.61 Å². The van der Waals surface area contributed by atoms with Crippen molar-refractivity contribution in [3.05, 3.63) is 35.9 Å². The molecule has 4 heteroatoms. The molecular formula is C17H24N2O2. The van der Waals surface area contributed by atoms with Crippen molar-refractivity contribution in [2.24, 2.45) is 11.1 Å². The monoisotopic (exact) mass is 288 g/mol. The number of carbonyl (C=O) groups excluding carboxylic acids is 1. The molecule has 1 aliphatic heterocycles. The first-order valence-electron chi connectivity index (χ1n) is 7.17. The second kappa shape index (κ2) is 5.53. The summed E-state index contributed by atoms with van der Waals surface area (Å²) < 4.78 is 5.51. The number of anilines is 1. The molecule has 0 radical (unpaired) electrons. The third-order valence-corrected chi connectivity index (χ3v) is 3.65. The summed E-state index contributed by atoms with van der Waals surface area (Å²) in [6.45, 7) is 12.7. The molecule has 1 amide bonds. The normalized spacial score (nSPS) is 16.2. The topological polar surface area (TPSA) is 55.6 Å². The summed E-state index contributed by atoms with van der Waals surface area (Å²) in [6, 6.07) is 5.73. The predicted molar refractivity (Wildman–Crippen MR) is 85.5 cm³/mol. The molecule has 1 aromatic carbocycles. The van der Waals surface area contributed by atoms with Crippen molar-refractivity contribution in [1.29, 1.82) is 0 Å². The minimum atomic E-state index is -0.105. The smallest absolute Gasteiger partial charge is 0.265 e. The zero-order chi connectivity index (χ0) is 15.8. The maximum atomic E-state index is 12.1. The van der Waals surface area contributed by atoms with E-state index < -0.39 is 0 Å². The number of benzene rings is 1. The molecule has 0 saturated carbocycles. The number of carbonyl (C=O) groups is 1. The molecule has 1 aliphatic rings. The first-order chi connectivity index (χ1) is 9.70. The number of ether oxygens (including phenoxy) is 1. The highest BCUT2D eigenvalue weighted by molar-refractivity contribution is 5.98. The van der Waals surface area contributed by atoms with Gasteiger partial charge < -0.3 is 15.4 Å². The van der Waals surface area contributed by atoms with Crippen LogP contribution < -0.4 is 15.4 Å². The Morgan fingerprint density at radius 2 is 2.14 bits per heavy atom. The molecule has 0 spiro atoms. The fourth-order valence-corrected chi connectivity index (χ4v) is 2.36. The number of hydrogen-bond donors (Lipinski definition) is 1. The molecule has 0 fully saturated rings. The standard InChI is InChI=1S/C17H24N2O2/c1-11(2)9-19-13-8-12(16(18)17(3,4)5)6-7-14(13)21-10-15(19)20/h6-8,16H,1,9-10,18H2,2-5H3. The largest absolute Gasteiger partial charge is 0.482 e. The zero-order valence-corrected chi connectivity index (χ0v) is 13.3. The third-order valence-electron chi connectivity index (χ3n) is 3.65. The van der Waals surface area contributed by atoms with Crippen molar-refractivity contribution in [1.82, 2.24) is 0 Å². The van der Waals surface area contributed by atoms with E-state index in [1.165, 1.54) is 0 Å². The first kappa shape index (κ1) is 15.6. The van der Waals surface area contributed by atoms with Gasteiger partial charge in [0.25, 0.3) is 5.91 Å². The number of nitrogens with two attached hydrogens (primary N) is 1. The molecule has 1 atom stereocenters. The van der Waals surface area contributed by atoms with Crippen LogP contribution in [-0.4, -0.2) is 19.1 Å². The summed E-state index contributed by atoms with van der Waals surface area (Å²) in [5.41, 5.74) is 9.00. The lowest BCUT2D eigenvalue weighted by atomic mass is 9.83. The van der Waals surface area contributed by atoms with Gasteiger partial charge in [0.05, 0.1) is 5.69 Å². The van der Waals surface area contributed by atoms with Crippen molar-refractivity contribution in [2.75, 3.05) is 18.1 Å². The van der Waals surface area contributed by atoms with Crippen LogP contribution in [0.3, 0.4) is 0 Å². The fraction of sp³-hybridized carbons (Fsp3) is 0.471. The fourth-order valence-electron chi connectivity index (χ4n) is 2.36. The second-order valence-corrected chi connectivity index (χ2v) is 6.80. The Balaban J connectivity index is 2.43. The predicted octanol–water partition coefficient (Wildman–Crippen LogP) is 3.03. The van der Waals surface area contributed by atoms with Crippen LogP contribution in [0, 0.1) is 5.41 Å². The highest BCUT2D eigenvalue weighted by Gasteiger charge is 2.28. The van der Waals surface area contributed by atoms with Gasteiger partial charge >= 0.3 is 0 Å². The van der Waals surface area contributed by atoms with Gasteiger partial charge in [0, 0.05) is 12.6 Å². The van der Waals surface area contributed by atoms with Gasteiger partial charge in [-0.25, -0.2) is 0 Å². The summed E-state index contributed by atoms with van der Waals surface area (Å²) in [4.78, 5) is 13.8. The Morgan fingerprint density at radius 3 is 2.71 bits per heavy atom. The van der Waals surface area contributed by atoms with E-state index in [0.717, 1.165) is 22.6 Å². The van der Waals surface area contributed by atoms with Crippen LogP contribution in [-0.2, 0) is 4.79 Å². The van der Waals surface area contributed by atoms with Gasteiger partial charge in [-0.15, -0.1) is 0 Å². The lowest BCUT2D eigenvalue weighted by Gasteiger charge is -2.32. The van der Waals surface area contributed by atoms with E-state index in [0.29, 0.717) is 6.54 Å². The molecule has 0 aliphatic carbocycles. The maximum absolute atomic E-state index is 12.1. The van der Waals surface area contributed by atoms with Gasteiger partial charge in [-0.1, -0.05) is 39.0 Å². The van der Waals surface area contributed by atoms with Gasteiger partial charge in [-0.2, -0.15) is 0 Å². The van der Waals surface area contributed by atoms with Crippen LogP contribution in [0.15, 0.2) is 30.4 Å². The molecule has 0 aromatic heterocycles. The summed E-state index contributed by atoms with van der Waals surface area (Å²) in [6.07, 6.45) is 0. The Bertz CT molecular complexity index is 573. The number of amides is 1. The quantitative estimate of drug-likeness (QED) is 0.870. The van der Waals surface area contributed by atoms with Crippen LogP contribution in [0.5, 0.6) is 5.75 Å². The molecular weight excluding hydrogens is 264 g/mol. The average molecular weight is 288 g/mol. The number of nitrogens with zero attached hydrogens (tertiary/aromatic N) is 1. The van der Waals surface area contributed by atoms with Crippen molar-refractivity contribution in [2.45, 2.75) is 33.7 Å². The van der Waals surface area contributed by atoms with E-state index in [9.17, 15) is 4.79 Å². The maximum Gasteiger partial charge on any atom is 0.265 e. The Kier molecular flexibility index (Phi) is 4.10. The molecule has 2 N–H and O–H groups in total. The molecule has 0 saturated heterocycles. The zero-order valence-electron chi connectivity index (χ0n) is 13.3. The Morgan fingerprint density at radius 1 is 1.48 bits per heavy atom. The summed E-state index contributed by atoms with van der Waals surface area (Å²) in [7, 11) is 0. The van der Waals surface area contributed by atoms with Crippen molar-refractivity contribution >= 4 is 11.6 Å². The number of rotatable bonds is 3. The van der Waals surface area contributed by atoms with E-state index in [2.05, 4.69) is 27.4 Å². The van der Waals surface area contributed by atoms with E-state index in [1.807, 2.05) is 25.1 Å². The van der Waals surface area contributed by atoms with Crippen LogP contribution in [0.2, 0.25) is 0 Å².